The van der Waals surface area contributed by atoms with Crippen LogP contribution in [0.3, 0.4) is 0 Å². The average molecular weight is 316 g/mol. The smallest absolute Gasteiger partial charge is 0.147 e. The summed E-state index contributed by atoms with van der Waals surface area (Å²) in [5.74, 6) is 1.70. The topological polar surface area (TPSA) is 63.4 Å². The molecule has 6 nitrogen and oxygen atoms in total. The lowest BCUT2D eigenvalue weighted by atomic mass is 10.1. The van der Waals surface area contributed by atoms with Crippen molar-refractivity contribution in [2.45, 2.75) is 32.6 Å². The summed E-state index contributed by atoms with van der Waals surface area (Å²) in [6.07, 6.45) is -0.392. The molecule has 0 amide bonds. The second-order valence-corrected chi connectivity index (χ2v) is 6.07. The fourth-order valence-corrected chi connectivity index (χ4v) is 3.01. The van der Waals surface area contributed by atoms with Gasteiger partial charge in [0.1, 0.15) is 11.6 Å². The van der Waals surface area contributed by atoms with E-state index in [0.717, 1.165) is 30.3 Å². The standard InChI is InChI=1S/C17H24N4O2/c1-13-18-14(2)21(19-13)11-16-10-20(8-9-23-16)12-17(22)15-6-4-3-5-7-15/h3-7,16-17,22H,8-12H2,1-2H3/t16-,17+/m0/s1. The Balaban J connectivity index is 1.57. The van der Waals surface area contributed by atoms with Gasteiger partial charge in [0.05, 0.1) is 25.4 Å². The molecule has 2 aromatic rings. The van der Waals surface area contributed by atoms with Gasteiger partial charge in [0.2, 0.25) is 0 Å². The normalized spacial score (nSPS) is 20.6. The average Bonchev–Trinajstić information content (AvgIpc) is 2.86. The van der Waals surface area contributed by atoms with Gasteiger partial charge in [-0.15, -0.1) is 0 Å². The first-order valence-electron chi connectivity index (χ1n) is 8.07. The zero-order valence-corrected chi connectivity index (χ0v) is 13.7. The Morgan fingerprint density at radius 1 is 1.30 bits per heavy atom. The molecule has 3 rings (SSSR count). The molecule has 1 fully saturated rings. The van der Waals surface area contributed by atoms with E-state index in [1.807, 2.05) is 48.9 Å². The van der Waals surface area contributed by atoms with Crippen molar-refractivity contribution in [3.8, 4) is 0 Å². The first-order chi connectivity index (χ1) is 11.1. The third kappa shape index (κ3) is 4.16. The van der Waals surface area contributed by atoms with Crippen LogP contribution in [-0.2, 0) is 11.3 Å². The Morgan fingerprint density at radius 3 is 2.78 bits per heavy atom. The maximum atomic E-state index is 10.4. The zero-order chi connectivity index (χ0) is 16.2. The molecule has 23 heavy (non-hydrogen) atoms. The molecular weight excluding hydrogens is 292 g/mol. The number of benzene rings is 1. The molecule has 124 valence electrons. The monoisotopic (exact) mass is 316 g/mol. The summed E-state index contributed by atoms with van der Waals surface area (Å²) in [5, 5.41) is 14.8. The molecule has 1 aromatic carbocycles. The van der Waals surface area contributed by atoms with E-state index in [-0.39, 0.29) is 6.10 Å². The molecule has 1 aliphatic rings. The molecule has 1 aromatic heterocycles. The van der Waals surface area contributed by atoms with E-state index < -0.39 is 6.10 Å². The lowest BCUT2D eigenvalue weighted by molar-refractivity contribution is -0.0489. The predicted octanol–water partition coefficient (Wildman–Crippen LogP) is 1.33. The number of β-amino-alcohol motifs (C(OH)–C–C–N with tert-alkyl or cyclic N) is 1. The van der Waals surface area contributed by atoms with Crippen LogP contribution in [0.4, 0.5) is 0 Å². The van der Waals surface area contributed by atoms with E-state index >= 15 is 0 Å². The molecule has 0 aliphatic carbocycles. The van der Waals surface area contributed by atoms with Gasteiger partial charge in [-0.05, 0) is 19.4 Å². The SMILES string of the molecule is Cc1nc(C)n(C[C@@H]2CN(C[C@@H](O)c3ccccc3)CCO2)n1. The van der Waals surface area contributed by atoms with Crippen LogP contribution in [0.1, 0.15) is 23.3 Å². The van der Waals surface area contributed by atoms with Gasteiger partial charge in [0.25, 0.3) is 0 Å². The van der Waals surface area contributed by atoms with E-state index in [2.05, 4.69) is 15.0 Å². The number of ether oxygens (including phenoxy) is 1. The first-order valence-corrected chi connectivity index (χ1v) is 8.07. The van der Waals surface area contributed by atoms with Crippen LogP contribution >= 0.6 is 0 Å². The molecule has 2 heterocycles. The van der Waals surface area contributed by atoms with Crippen LogP contribution in [0, 0.1) is 13.8 Å². The minimum absolute atomic E-state index is 0.0755. The van der Waals surface area contributed by atoms with Crippen LogP contribution in [0.2, 0.25) is 0 Å². The predicted molar refractivity (Wildman–Crippen MR) is 87.1 cm³/mol. The Bertz CT molecular complexity index is 629. The maximum absolute atomic E-state index is 10.4. The van der Waals surface area contributed by atoms with Crippen molar-refractivity contribution in [3.05, 3.63) is 47.5 Å². The summed E-state index contributed by atoms with van der Waals surface area (Å²) < 4.78 is 7.75. The summed E-state index contributed by atoms with van der Waals surface area (Å²) in [6.45, 7) is 7.49. The summed E-state index contributed by atoms with van der Waals surface area (Å²) in [6, 6.07) is 9.80. The summed E-state index contributed by atoms with van der Waals surface area (Å²) in [7, 11) is 0. The number of hydrogen-bond donors (Lipinski definition) is 1. The van der Waals surface area contributed by atoms with E-state index in [1.54, 1.807) is 0 Å². The number of aliphatic hydroxyl groups excluding tert-OH is 1. The molecule has 1 N–H and O–H groups in total. The van der Waals surface area contributed by atoms with Crippen molar-refractivity contribution in [1.29, 1.82) is 0 Å². The second-order valence-electron chi connectivity index (χ2n) is 6.07. The van der Waals surface area contributed by atoms with Crippen LogP contribution in [0.15, 0.2) is 30.3 Å². The van der Waals surface area contributed by atoms with Crippen molar-refractivity contribution in [2.24, 2.45) is 0 Å². The van der Waals surface area contributed by atoms with Gasteiger partial charge in [0, 0.05) is 19.6 Å². The van der Waals surface area contributed by atoms with Crippen LogP contribution in [0.25, 0.3) is 0 Å². The molecule has 1 aliphatic heterocycles. The Kier molecular flexibility index (Phi) is 5.05. The van der Waals surface area contributed by atoms with Crippen molar-refractivity contribution >= 4 is 0 Å². The lowest BCUT2D eigenvalue weighted by Gasteiger charge is -2.34. The van der Waals surface area contributed by atoms with Crippen LogP contribution < -0.4 is 0 Å². The third-order valence-corrected chi connectivity index (χ3v) is 4.18. The molecule has 0 saturated carbocycles. The van der Waals surface area contributed by atoms with Gasteiger partial charge in [-0.2, -0.15) is 5.10 Å². The summed E-state index contributed by atoms with van der Waals surface area (Å²) in [4.78, 5) is 6.58. The van der Waals surface area contributed by atoms with Gasteiger partial charge in [0.15, 0.2) is 0 Å². The highest BCUT2D eigenvalue weighted by molar-refractivity contribution is 5.17. The first kappa shape index (κ1) is 16.1. The minimum Gasteiger partial charge on any atom is -0.387 e. The number of aliphatic hydroxyl groups is 1. The second kappa shape index (κ2) is 7.21. The van der Waals surface area contributed by atoms with Crippen molar-refractivity contribution in [3.63, 3.8) is 0 Å². The summed E-state index contributed by atoms with van der Waals surface area (Å²) in [5.41, 5.74) is 0.957. The molecule has 6 heteroatoms. The van der Waals surface area contributed by atoms with E-state index in [0.29, 0.717) is 19.7 Å². The minimum atomic E-state index is -0.467. The molecule has 0 bridgehead atoms. The van der Waals surface area contributed by atoms with Crippen LogP contribution in [-0.4, -0.2) is 57.1 Å². The molecule has 0 spiro atoms. The number of morpholine rings is 1. The highest BCUT2D eigenvalue weighted by Gasteiger charge is 2.24. The number of rotatable bonds is 5. The van der Waals surface area contributed by atoms with Gasteiger partial charge in [-0.1, -0.05) is 30.3 Å². The maximum Gasteiger partial charge on any atom is 0.147 e. The van der Waals surface area contributed by atoms with Crippen molar-refractivity contribution < 1.29 is 9.84 Å². The fraction of sp³-hybridized carbons (Fsp3) is 0.529. The number of aromatic nitrogens is 3. The van der Waals surface area contributed by atoms with E-state index in [4.69, 9.17) is 4.74 Å². The van der Waals surface area contributed by atoms with Crippen LogP contribution in [0.5, 0.6) is 0 Å². The Hall–Kier alpha value is -1.76. The lowest BCUT2D eigenvalue weighted by Crippen LogP contribution is -2.45. The number of nitrogens with zero attached hydrogens (tertiary/aromatic N) is 4. The van der Waals surface area contributed by atoms with E-state index in [9.17, 15) is 5.11 Å². The molecule has 1 saturated heterocycles. The highest BCUT2D eigenvalue weighted by Crippen LogP contribution is 2.16. The zero-order valence-electron chi connectivity index (χ0n) is 13.7. The highest BCUT2D eigenvalue weighted by atomic mass is 16.5. The Labute approximate surface area is 136 Å². The van der Waals surface area contributed by atoms with Crippen molar-refractivity contribution in [2.75, 3.05) is 26.2 Å². The van der Waals surface area contributed by atoms with Gasteiger partial charge < -0.3 is 9.84 Å². The third-order valence-electron chi connectivity index (χ3n) is 4.18. The number of aryl methyl sites for hydroxylation is 2. The van der Waals surface area contributed by atoms with Gasteiger partial charge >= 0.3 is 0 Å². The molecule has 0 unspecified atom stereocenters. The van der Waals surface area contributed by atoms with Gasteiger partial charge in [-0.3, -0.25) is 4.90 Å². The molecule has 2 atom stereocenters. The van der Waals surface area contributed by atoms with Crippen molar-refractivity contribution in [1.82, 2.24) is 19.7 Å². The Morgan fingerprint density at radius 2 is 2.09 bits per heavy atom. The quantitative estimate of drug-likeness (QED) is 0.901. The number of hydrogen-bond acceptors (Lipinski definition) is 5. The summed E-state index contributed by atoms with van der Waals surface area (Å²) >= 11 is 0. The fourth-order valence-electron chi connectivity index (χ4n) is 3.01. The molecular formula is C17H24N4O2. The largest absolute Gasteiger partial charge is 0.387 e. The van der Waals surface area contributed by atoms with Gasteiger partial charge in [-0.25, -0.2) is 9.67 Å². The molecule has 0 radical (unpaired) electrons. The van der Waals surface area contributed by atoms with E-state index in [1.165, 1.54) is 0 Å².